The average Bonchev–Trinajstić information content (AvgIpc) is 2.87. The summed E-state index contributed by atoms with van der Waals surface area (Å²) in [6.07, 6.45) is 3.59. The molecule has 0 bridgehead atoms. The van der Waals surface area contributed by atoms with Gasteiger partial charge in [-0.15, -0.1) is 0 Å². The molecule has 0 aliphatic carbocycles. The molecule has 0 fully saturated rings. The number of esters is 1. The third kappa shape index (κ3) is 2.36. The maximum absolute atomic E-state index is 11.4. The predicted octanol–water partition coefficient (Wildman–Crippen LogP) is 2.28. The first-order valence-corrected chi connectivity index (χ1v) is 5.40. The Bertz CT molecular complexity index is 505. The maximum atomic E-state index is 11.4. The van der Waals surface area contributed by atoms with Crippen LogP contribution in [-0.4, -0.2) is 22.9 Å². The maximum Gasteiger partial charge on any atom is 0.330 e. The minimum Gasteiger partial charge on any atom is -0.467 e. The van der Waals surface area contributed by atoms with Gasteiger partial charge >= 0.3 is 5.97 Å². The minimum absolute atomic E-state index is 0.298. The van der Waals surface area contributed by atoms with Gasteiger partial charge in [0, 0.05) is 11.8 Å². The fraction of sp³-hybridized carbons (Fsp3) is 0.231. The minimum atomic E-state index is -0.405. The van der Waals surface area contributed by atoms with E-state index in [1.807, 2.05) is 36.5 Å². The standard InChI is InChI=1S/C13H14N2O2/c1-10(13(16)17-2)15-9-12(8-14-15)11-6-4-3-5-7-11/h3-10H,1-2H3/t10-/m1/s1. The van der Waals surface area contributed by atoms with Gasteiger partial charge in [-0.05, 0) is 12.5 Å². The number of carbonyl (C=O) groups is 1. The van der Waals surface area contributed by atoms with Crippen molar-refractivity contribution in [3.63, 3.8) is 0 Å². The smallest absolute Gasteiger partial charge is 0.330 e. The third-order valence-electron chi connectivity index (χ3n) is 2.65. The molecular weight excluding hydrogens is 216 g/mol. The Labute approximate surface area is 99.8 Å². The first kappa shape index (κ1) is 11.4. The predicted molar refractivity (Wildman–Crippen MR) is 64.4 cm³/mol. The zero-order valence-electron chi connectivity index (χ0n) is 9.83. The third-order valence-corrected chi connectivity index (χ3v) is 2.65. The van der Waals surface area contributed by atoms with Crippen LogP contribution >= 0.6 is 0 Å². The Morgan fingerprint density at radius 1 is 1.29 bits per heavy atom. The fourth-order valence-corrected chi connectivity index (χ4v) is 1.61. The van der Waals surface area contributed by atoms with Crippen molar-refractivity contribution in [2.75, 3.05) is 7.11 Å². The molecule has 1 aromatic heterocycles. The summed E-state index contributed by atoms with van der Waals surface area (Å²) >= 11 is 0. The van der Waals surface area contributed by atoms with Gasteiger partial charge in [0.2, 0.25) is 0 Å². The number of carbonyl (C=O) groups excluding carboxylic acids is 1. The molecule has 0 radical (unpaired) electrons. The van der Waals surface area contributed by atoms with E-state index in [1.54, 1.807) is 17.8 Å². The van der Waals surface area contributed by atoms with Crippen LogP contribution in [0.15, 0.2) is 42.7 Å². The van der Waals surface area contributed by atoms with Crippen molar-refractivity contribution >= 4 is 5.97 Å². The van der Waals surface area contributed by atoms with Gasteiger partial charge in [-0.2, -0.15) is 5.10 Å². The molecule has 17 heavy (non-hydrogen) atoms. The second-order valence-corrected chi connectivity index (χ2v) is 3.77. The summed E-state index contributed by atoms with van der Waals surface area (Å²) in [4.78, 5) is 11.4. The van der Waals surface area contributed by atoms with Gasteiger partial charge < -0.3 is 4.74 Å². The van der Waals surface area contributed by atoms with E-state index in [0.29, 0.717) is 0 Å². The first-order chi connectivity index (χ1) is 8.22. The van der Waals surface area contributed by atoms with E-state index >= 15 is 0 Å². The monoisotopic (exact) mass is 230 g/mol. The molecular formula is C13H14N2O2. The lowest BCUT2D eigenvalue weighted by Gasteiger charge is -2.08. The molecule has 0 unspecified atom stereocenters. The molecule has 4 heteroatoms. The van der Waals surface area contributed by atoms with Gasteiger partial charge in [-0.1, -0.05) is 30.3 Å². The highest BCUT2D eigenvalue weighted by Crippen LogP contribution is 2.19. The molecule has 0 saturated heterocycles. The van der Waals surface area contributed by atoms with Crippen LogP contribution in [0.25, 0.3) is 11.1 Å². The molecule has 0 aliphatic rings. The highest BCUT2D eigenvalue weighted by atomic mass is 16.5. The number of nitrogens with zero attached hydrogens (tertiary/aromatic N) is 2. The normalized spacial score (nSPS) is 12.1. The molecule has 0 N–H and O–H groups in total. The quantitative estimate of drug-likeness (QED) is 0.760. The van der Waals surface area contributed by atoms with Crippen LogP contribution < -0.4 is 0 Å². The van der Waals surface area contributed by atoms with Crippen LogP contribution in [0.4, 0.5) is 0 Å². The van der Waals surface area contributed by atoms with Crippen molar-refractivity contribution < 1.29 is 9.53 Å². The number of ether oxygens (including phenoxy) is 1. The van der Waals surface area contributed by atoms with E-state index in [-0.39, 0.29) is 5.97 Å². The lowest BCUT2D eigenvalue weighted by molar-refractivity contribution is -0.144. The Hall–Kier alpha value is -2.10. The summed E-state index contributed by atoms with van der Waals surface area (Å²) < 4.78 is 6.29. The molecule has 0 saturated carbocycles. The van der Waals surface area contributed by atoms with E-state index in [2.05, 4.69) is 9.84 Å². The topological polar surface area (TPSA) is 44.1 Å². The summed E-state index contributed by atoms with van der Waals surface area (Å²) in [5, 5.41) is 4.18. The first-order valence-electron chi connectivity index (χ1n) is 5.40. The Kier molecular flexibility index (Phi) is 3.23. The highest BCUT2D eigenvalue weighted by Gasteiger charge is 2.16. The molecule has 0 amide bonds. The van der Waals surface area contributed by atoms with E-state index in [1.165, 1.54) is 7.11 Å². The number of aromatic nitrogens is 2. The van der Waals surface area contributed by atoms with Gasteiger partial charge in [0.25, 0.3) is 0 Å². The molecule has 88 valence electrons. The van der Waals surface area contributed by atoms with Gasteiger partial charge in [-0.3, -0.25) is 4.68 Å². The molecule has 1 atom stereocenters. The van der Waals surface area contributed by atoms with E-state index in [0.717, 1.165) is 11.1 Å². The van der Waals surface area contributed by atoms with Crippen molar-refractivity contribution in [1.29, 1.82) is 0 Å². The number of hydrogen-bond acceptors (Lipinski definition) is 3. The molecule has 2 aromatic rings. The molecule has 2 rings (SSSR count). The lowest BCUT2D eigenvalue weighted by Crippen LogP contribution is -2.17. The van der Waals surface area contributed by atoms with E-state index < -0.39 is 6.04 Å². The zero-order chi connectivity index (χ0) is 12.3. The van der Waals surface area contributed by atoms with Crippen LogP contribution in [0.1, 0.15) is 13.0 Å². The zero-order valence-corrected chi connectivity index (χ0v) is 9.83. The average molecular weight is 230 g/mol. The number of methoxy groups -OCH3 is 1. The van der Waals surface area contributed by atoms with Crippen LogP contribution in [0, 0.1) is 0 Å². The molecule has 1 heterocycles. The molecule has 0 aliphatic heterocycles. The van der Waals surface area contributed by atoms with E-state index in [9.17, 15) is 4.79 Å². The van der Waals surface area contributed by atoms with Crippen molar-refractivity contribution in [3.8, 4) is 11.1 Å². The Balaban J connectivity index is 2.25. The van der Waals surface area contributed by atoms with E-state index in [4.69, 9.17) is 0 Å². The fourth-order valence-electron chi connectivity index (χ4n) is 1.61. The number of rotatable bonds is 3. The van der Waals surface area contributed by atoms with Gasteiger partial charge in [-0.25, -0.2) is 4.79 Å². The summed E-state index contributed by atoms with van der Waals surface area (Å²) in [6.45, 7) is 1.76. The van der Waals surface area contributed by atoms with Gasteiger partial charge in [0.05, 0.1) is 13.3 Å². The summed E-state index contributed by atoms with van der Waals surface area (Å²) in [7, 11) is 1.38. The van der Waals surface area contributed by atoms with Crippen LogP contribution in [0.3, 0.4) is 0 Å². The molecule has 1 aromatic carbocycles. The van der Waals surface area contributed by atoms with Crippen LogP contribution in [0.5, 0.6) is 0 Å². The SMILES string of the molecule is COC(=O)[C@@H](C)n1cc(-c2ccccc2)cn1. The Morgan fingerprint density at radius 3 is 2.65 bits per heavy atom. The lowest BCUT2D eigenvalue weighted by atomic mass is 10.1. The van der Waals surface area contributed by atoms with Crippen molar-refractivity contribution in [2.45, 2.75) is 13.0 Å². The molecule has 4 nitrogen and oxygen atoms in total. The van der Waals surface area contributed by atoms with Gasteiger partial charge in [0.15, 0.2) is 0 Å². The molecule has 0 spiro atoms. The van der Waals surface area contributed by atoms with Gasteiger partial charge in [0.1, 0.15) is 6.04 Å². The van der Waals surface area contributed by atoms with Crippen LogP contribution in [0.2, 0.25) is 0 Å². The van der Waals surface area contributed by atoms with Crippen molar-refractivity contribution in [2.24, 2.45) is 0 Å². The highest BCUT2D eigenvalue weighted by molar-refractivity contribution is 5.73. The number of benzene rings is 1. The van der Waals surface area contributed by atoms with Crippen molar-refractivity contribution in [1.82, 2.24) is 9.78 Å². The summed E-state index contributed by atoms with van der Waals surface area (Å²) in [5.74, 6) is -0.298. The largest absolute Gasteiger partial charge is 0.467 e. The van der Waals surface area contributed by atoms with Crippen molar-refractivity contribution in [3.05, 3.63) is 42.7 Å². The Morgan fingerprint density at radius 2 is 2.00 bits per heavy atom. The van der Waals surface area contributed by atoms with Crippen LogP contribution in [-0.2, 0) is 9.53 Å². The number of hydrogen-bond donors (Lipinski definition) is 0. The second-order valence-electron chi connectivity index (χ2n) is 3.77. The second kappa shape index (κ2) is 4.82. The summed E-state index contributed by atoms with van der Waals surface area (Å²) in [5.41, 5.74) is 2.07. The summed E-state index contributed by atoms with van der Waals surface area (Å²) in [6, 6.07) is 9.50.